The van der Waals surface area contributed by atoms with E-state index in [2.05, 4.69) is 31.4 Å². The maximum absolute atomic E-state index is 12.8. The molecule has 2 rings (SSSR count). The zero-order chi connectivity index (χ0) is 21.8. The first-order valence-corrected chi connectivity index (χ1v) is 10.7. The molecule has 0 aliphatic carbocycles. The van der Waals surface area contributed by atoms with E-state index in [0.717, 1.165) is 43.8 Å². The average Bonchev–Trinajstić information content (AvgIpc) is 2.76. The standard InChI is InChI=1S/C24H33N3O3/c1-4-13-27(14-5-2)24(29)19-9-7-11-21(16-19)26-23(28)18-25-20-10-8-12-22(17-20)30-15-6-3/h7-12,16-17,25H,4-6,13-15,18H2,1-3H3,(H,26,28). The fourth-order valence-corrected chi connectivity index (χ4v) is 3.07. The van der Waals surface area contributed by atoms with Gasteiger partial charge in [-0.2, -0.15) is 0 Å². The van der Waals surface area contributed by atoms with Crippen LogP contribution < -0.4 is 15.4 Å². The Bertz CT molecular complexity index is 817. The van der Waals surface area contributed by atoms with Gasteiger partial charge in [-0.3, -0.25) is 9.59 Å². The predicted octanol–water partition coefficient (Wildman–Crippen LogP) is 4.79. The van der Waals surface area contributed by atoms with Gasteiger partial charge in [-0.15, -0.1) is 0 Å². The summed E-state index contributed by atoms with van der Waals surface area (Å²) < 4.78 is 5.61. The van der Waals surface area contributed by atoms with E-state index in [-0.39, 0.29) is 18.4 Å². The second kappa shape index (κ2) is 12.5. The van der Waals surface area contributed by atoms with E-state index >= 15 is 0 Å². The molecule has 2 amide bonds. The van der Waals surface area contributed by atoms with Crippen LogP contribution in [-0.2, 0) is 4.79 Å². The van der Waals surface area contributed by atoms with Crippen molar-refractivity contribution in [2.45, 2.75) is 40.0 Å². The van der Waals surface area contributed by atoms with Crippen molar-refractivity contribution in [3.8, 4) is 5.75 Å². The van der Waals surface area contributed by atoms with Gasteiger partial charge in [0.1, 0.15) is 5.75 Å². The van der Waals surface area contributed by atoms with Crippen molar-refractivity contribution < 1.29 is 14.3 Å². The summed E-state index contributed by atoms with van der Waals surface area (Å²) in [4.78, 5) is 27.0. The summed E-state index contributed by atoms with van der Waals surface area (Å²) in [6.45, 7) is 8.42. The number of hydrogen-bond acceptors (Lipinski definition) is 4. The van der Waals surface area contributed by atoms with Crippen molar-refractivity contribution in [3.63, 3.8) is 0 Å². The molecule has 0 radical (unpaired) electrons. The molecule has 2 aromatic rings. The van der Waals surface area contributed by atoms with E-state index < -0.39 is 0 Å². The average molecular weight is 412 g/mol. The van der Waals surface area contributed by atoms with Crippen molar-refractivity contribution in [1.82, 2.24) is 4.90 Å². The van der Waals surface area contributed by atoms with E-state index in [9.17, 15) is 9.59 Å². The number of benzene rings is 2. The second-order valence-corrected chi connectivity index (χ2v) is 7.15. The van der Waals surface area contributed by atoms with E-state index in [1.807, 2.05) is 29.2 Å². The molecule has 2 N–H and O–H groups in total. The molecule has 0 aromatic heterocycles. The smallest absolute Gasteiger partial charge is 0.253 e. The SMILES string of the molecule is CCCOc1cccc(NCC(=O)Nc2cccc(C(=O)N(CCC)CCC)c2)c1. The molecule has 162 valence electrons. The number of rotatable bonds is 12. The van der Waals surface area contributed by atoms with Gasteiger partial charge in [-0.1, -0.05) is 32.9 Å². The molecule has 30 heavy (non-hydrogen) atoms. The molecule has 0 heterocycles. The maximum atomic E-state index is 12.8. The van der Waals surface area contributed by atoms with Crippen molar-refractivity contribution in [2.75, 3.05) is 36.9 Å². The third-order valence-electron chi connectivity index (χ3n) is 4.43. The highest BCUT2D eigenvalue weighted by Gasteiger charge is 2.15. The topological polar surface area (TPSA) is 70.7 Å². The normalized spacial score (nSPS) is 10.4. The monoisotopic (exact) mass is 411 g/mol. The lowest BCUT2D eigenvalue weighted by Crippen LogP contribution is -2.32. The summed E-state index contributed by atoms with van der Waals surface area (Å²) in [7, 11) is 0. The molecule has 0 fully saturated rings. The van der Waals surface area contributed by atoms with Crippen LogP contribution in [0.5, 0.6) is 5.75 Å². The minimum atomic E-state index is -0.182. The van der Waals surface area contributed by atoms with Gasteiger partial charge in [0, 0.05) is 36.1 Å². The van der Waals surface area contributed by atoms with Crippen molar-refractivity contribution in [1.29, 1.82) is 0 Å². The van der Waals surface area contributed by atoms with Crippen LogP contribution in [0.25, 0.3) is 0 Å². The van der Waals surface area contributed by atoms with E-state index in [4.69, 9.17) is 4.74 Å². The number of nitrogens with zero attached hydrogens (tertiary/aromatic N) is 1. The van der Waals surface area contributed by atoms with Gasteiger partial charge in [-0.05, 0) is 49.6 Å². The Hall–Kier alpha value is -3.02. The second-order valence-electron chi connectivity index (χ2n) is 7.15. The zero-order valence-electron chi connectivity index (χ0n) is 18.2. The number of anilines is 2. The van der Waals surface area contributed by atoms with Crippen molar-refractivity contribution in [3.05, 3.63) is 54.1 Å². The van der Waals surface area contributed by atoms with Crippen LogP contribution in [0.2, 0.25) is 0 Å². The molecule has 0 saturated heterocycles. The van der Waals surface area contributed by atoms with Crippen LogP contribution in [0.4, 0.5) is 11.4 Å². The maximum Gasteiger partial charge on any atom is 0.253 e. The lowest BCUT2D eigenvalue weighted by molar-refractivity contribution is -0.114. The van der Waals surface area contributed by atoms with Gasteiger partial charge in [-0.25, -0.2) is 0 Å². The van der Waals surface area contributed by atoms with Gasteiger partial charge in [0.25, 0.3) is 5.91 Å². The predicted molar refractivity (Wildman–Crippen MR) is 122 cm³/mol. The summed E-state index contributed by atoms with van der Waals surface area (Å²) in [5, 5.41) is 5.96. The van der Waals surface area contributed by atoms with E-state index in [1.165, 1.54) is 0 Å². The molecule has 0 unspecified atom stereocenters. The van der Waals surface area contributed by atoms with Crippen LogP contribution in [0.1, 0.15) is 50.4 Å². The van der Waals surface area contributed by atoms with Crippen molar-refractivity contribution in [2.24, 2.45) is 0 Å². The first kappa shape index (κ1) is 23.3. The molecular weight excluding hydrogens is 378 g/mol. The number of carbonyl (C=O) groups is 2. The fraction of sp³-hybridized carbons (Fsp3) is 0.417. The fourth-order valence-electron chi connectivity index (χ4n) is 3.07. The minimum Gasteiger partial charge on any atom is -0.494 e. The molecule has 0 saturated carbocycles. The Morgan fingerprint density at radius 2 is 1.60 bits per heavy atom. The van der Waals surface area contributed by atoms with Crippen LogP contribution in [-0.4, -0.2) is 43.0 Å². The van der Waals surface area contributed by atoms with E-state index in [1.54, 1.807) is 24.3 Å². The molecule has 2 aromatic carbocycles. The number of carbonyl (C=O) groups excluding carboxylic acids is 2. The van der Waals surface area contributed by atoms with Crippen LogP contribution in [0.3, 0.4) is 0 Å². The van der Waals surface area contributed by atoms with Gasteiger partial charge in [0.15, 0.2) is 0 Å². The van der Waals surface area contributed by atoms with Crippen LogP contribution in [0.15, 0.2) is 48.5 Å². The minimum absolute atomic E-state index is 0.00295. The Labute approximate surface area is 179 Å². The summed E-state index contributed by atoms with van der Waals surface area (Å²) in [5.41, 5.74) is 2.02. The van der Waals surface area contributed by atoms with Crippen LogP contribution >= 0.6 is 0 Å². The summed E-state index contributed by atoms with van der Waals surface area (Å²) >= 11 is 0. The molecule has 0 atom stereocenters. The first-order valence-electron chi connectivity index (χ1n) is 10.7. The summed E-state index contributed by atoms with van der Waals surface area (Å²) in [5.74, 6) is 0.590. The van der Waals surface area contributed by atoms with E-state index in [0.29, 0.717) is 17.9 Å². The third-order valence-corrected chi connectivity index (χ3v) is 4.43. The molecule has 0 bridgehead atoms. The number of hydrogen-bond donors (Lipinski definition) is 2. The zero-order valence-corrected chi connectivity index (χ0v) is 18.2. The van der Waals surface area contributed by atoms with Gasteiger partial charge < -0.3 is 20.3 Å². The Morgan fingerprint density at radius 1 is 0.900 bits per heavy atom. The molecule has 0 aliphatic heterocycles. The van der Waals surface area contributed by atoms with Crippen LogP contribution in [0, 0.1) is 0 Å². The van der Waals surface area contributed by atoms with Crippen molar-refractivity contribution >= 4 is 23.2 Å². The highest BCUT2D eigenvalue weighted by atomic mass is 16.5. The Morgan fingerprint density at radius 3 is 2.30 bits per heavy atom. The highest BCUT2D eigenvalue weighted by molar-refractivity contribution is 5.98. The Kier molecular flexibility index (Phi) is 9.71. The van der Waals surface area contributed by atoms with Gasteiger partial charge >= 0.3 is 0 Å². The molecule has 0 aliphatic rings. The number of ether oxygens (including phenoxy) is 1. The highest BCUT2D eigenvalue weighted by Crippen LogP contribution is 2.18. The van der Waals surface area contributed by atoms with Gasteiger partial charge in [0.05, 0.1) is 13.2 Å². The molecule has 6 heteroatoms. The molecular formula is C24H33N3O3. The lowest BCUT2D eigenvalue weighted by Gasteiger charge is -2.21. The largest absolute Gasteiger partial charge is 0.494 e. The lowest BCUT2D eigenvalue weighted by atomic mass is 10.1. The van der Waals surface area contributed by atoms with Gasteiger partial charge in [0.2, 0.25) is 5.91 Å². The quantitative estimate of drug-likeness (QED) is 0.527. The molecule has 0 spiro atoms. The number of amides is 2. The number of nitrogens with one attached hydrogen (secondary N) is 2. The summed E-state index contributed by atoms with van der Waals surface area (Å²) in [6, 6.07) is 14.6. The summed E-state index contributed by atoms with van der Waals surface area (Å²) in [6.07, 6.45) is 2.77. The first-order chi connectivity index (χ1) is 14.6. The Balaban J connectivity index is 1.94. The third kappa shape index (κ3) is 7.43. The molecule has 6 nitrogen and oxygen atoms in total.